The van der Waals surface area contributed by atoms with Crippen LogP contribution in [-0.4, -0.2) is 33.0 Å². The van der Waals surface area contributed by atoms with Crippen molar-refractivity contribution < 1.29 is 19.4 Å². The average Bonchev–Trinajstić information content (AvgIpc) is 2.92. The van der Waals surface area contributed by atoms with Gasteiger partial charge in [-0.15, -0.1) is 0 Å². The molecule has 7 nitrogen and oxygen atoms in total. The Morgan fingerprint density at radius 1 is 1.30 bits per heavy atom. The number of nitrogens with one attached hydrogen (secondary N) is 1. The van der Waals surface area contributed by atoms with Crippen molar-refractivity contribution in [1.29, 1.82) is 0 Å². The Hall–Kier alpha value is -2.83. The van der Waals surface area contributed by atoms with Crippen molar-refractivity contribution in [2.24, 2.45) is 0 Å². The molecule has 7 heteroatoms. The fourth-order valence-electron chi connectivity index (χ4n) is 1.55. The number of carboxylic acid groups (broad SMARTS) is 1. The number of aliphatic carboxylic acids is 1. The Kier molecular flexibility index (Phi) is 4.33. The van der Waals surface area contributed by atoms with E-state index in [9.17, 15) is 9.59 Å². The Balaban J connectivity index is 1.94. The Morgan fingerprint density at radius 3 is 2.65 bits per heavy atom. The van der Waals surface area contributed by atoms with Crippen molar-refractivity contribution in [2.75, 3.05) is 0 Å². The molecule has 0 unspecified atom stereocenters. The highest BCUT2D eigenvalue weighted by atomic mass is 16.6. The minimum absolute atomic E-state index is 0.0201. The third-order valence-electron chi connectivity index (χ3n) is 2.47. The number of para-hydroxylation sites is 1. The lowest BCUT2D eigenvalue weighted by molar-refractivity contribution is -0.139. The highest BCUT2D eigenvalue weighted by molar-refractivity contribution is 5.80. The molecule has 2 aromatic rings. The van der Waals surface area contributed by atoms with Gasteiger partial charge in [0.15, 0.2) is 0 Å². The molecule has 0 radical (unpaired) electrons. The Labute approximate surface area is 114 Å². The number of hydrogen-bond acceptors (Lipinski definition) is 4. The second-order valence-electron chi connectivity index (χ2n) is 3.97. The number of benzene rings is 1. The van der Waals surface area contributed by atoms with Gasteiger partial charge in [-0.2, -0.15) is 5.10 Å². The van der Waals surface area contributed by atoms with E-state index in [0.717, 1.165) is 0 Å². The van der Waals surface area contributed by atoms with Crippen molar-refractivity contribution in [2.45, 2.75) is 12.6 Å². The Bertz CT molecular complexity index is 569. The topological polar surface area (TPSA) is 93.5 Å². The zero-order valence-electron chi connectivity index (χ0n) is 10.5. The van der Waals surface area contributed by atoms with Crippen LogP contribution in [0.1, 0.15) is 0 Å². The first-order valence-corrected chi connectivity index (χ1v) is 5.89. The average molecular weight is 275 g/mol. The number of rotatable bonds is 5. The van der Waals surface area contributed by atoms with E-state index < -0.39 is 18.1 Å². The van der Waals surface area contributed by atoms with Gasteiger partial charge < -0.3 is 15.2 Å². The standard InChI is InChI=1S/C13H13N3O4/c17-12(18)11(9-16-8-4-7-14-16)15-13(19)20-10-5-2-1-3-6-10/h1-8,11H,9H2,(H,15,19)(H,17,18)/t11-/m0/s1. The number of aromatic nitrogens is 2. The molecule has 0 saturated heterocycles. The molecule has 1 heterocycles. The van der Waals surface area contributed by atoms with E-state index in [1.54, 1.807) is 42.6 Å². The van der Waals surface area contributed by atoms with Gasteiger partial charge in [-0.05, 0) is 18.2 Å². The van der Waals surface area contributed by atoms with Gasteiger partial charge in [0, 0.05) is 12.4 Å². The molecule has 2 rings (SSSR count). The summed E-state index contributed by atoms with van der Waals surface area (Å²) >= 11 is 0. The molecule has 1 amide bonds. The maximum Gasteiger partial charge on any atom is 0.413 e. The number of ether oxygens (including phenoxy) is 1. The number of amides is 1. The molecule has 104 valence electrons. The Morgan fingerprint density at radius 2 is 2.05 bits per heavy atom. The molecule has 0 bridgehead atoms. The minimum Gasteiger partial charge on any atom is -0.480 e. The van der Waals surface area contributed by atoms with Gasteiger partial charge in [0.25, 0.3) is 0 Å². The summed E-state index contributed by atoms with van der Waals surface area (Å²) in [5.74, 6) is -0.821. The van der Waals surface area contributed by atoms with E-state index in [-0.39, 0.29) is 6.54 Å². The summed E-state index contributed by atoms with van der Waals surface area (Å²) in [4.78, 5) is 22.7. The third kappa shape index (κ3) is 3.84. The van der Waals surface area contributed by atoms with E-state index >= 15 is 0 Å². The molecule has 20 heavy (non-hydrogen) atoms. The third-order valence-corrected chi connectivity index (χ3v) is 2.47. The first-order chi connectivity index (χ1) is 9.65. The zero-order valence-corrected chi connectivity index (χ0v) is 10.5. The van der Waals surface area contributed by atoms with E-state index in [1.807, 2.05) is 0 Å². The fourth-order valence-corrected chi connectivity index (χ4v) is 1.55. The van der Waals surface area contributed by atoms with Crippen molar-refractivity contribution in [3.8, 4) is 5.75 Å². The fraction of sp³-hybridized carbons (Fsp3) is 0.154. The first-order valence-electron chi connectivity index (χ1n) is 5.89. The molecular weight excluding hydrogens is 262 g/mol. The van der Waals surface area contributed by atoms with Crippen molar-refractivity contribution in [3.05, 3.63) is 48.8 Å². The van der Waals surface area contributed by atoms with Crippen molar-refractivity contribution >= 4 is 12.1 Å². The van der Waals surface area contributed by atoms with Crippen LogP contribution in [-0.2, 0) is 11.3 Å². The van der Waals surface area contributed by atoms with E-state index in [0.29, 0.717) is 5.75 Å². The quantitative estimate of drug-likeness (QED) is 0.853. The predicted octanol–water partition coefficient (Wildman–Crippen LogP) is 1.12. The predicted molar refractivity (Wildman–Crippen MR) is 69.3 cm³/mol. The lowest BCUT2D eigenvalue weighted by Crippen LogP contribution is -2.45. The van der Waals surface area contributed by atoms with Gasteiger partial charge >= 0.3 is 12.1 Å². The maximum atomic E-state index is 11.6. The van der Waals surface area contributed by atoms with Crippen LogP contribution in [0.4, 0.5) is 4.79 Å². The maximum absolute atomic E-state index is 11.6. The van der Waals surface area contributed by atoms with E-state index in [4.69, 9.17) is 9.84 Å². The largest absolute Gasteiger partial charge is 0.480 e. The lowest BCUT2D eigenvalue weighted by Gasteiger charge is -2.14. The smallest absolute Gasteiger partial charge is 0.413 e. The molecule has 1 aromatic heterocycles. The highest BCUT2D eigenvalue weighted by Crippen LogP contribution is 2.08. The summed E-state index contributed by atoms with van der Waals surface area (Å²) in [6.45, 7) is 0.0201. The second-order valence-corrected chi connectivity index (χ2v) is 3.97. The van der Waals surface area contributed by atoms with E-state index in [1.165, 1.54) is 10.9 Å². The molecule has 0 aliphatic carbocycles. The molecule has 0 fully saturated rings. The molecular formula is C13H13N3O4. The summed E-state index contributed by atoms with van der Waals surface area (Å²) < 4.78 is 6.39. The summed E-state index contributed by atoms with van der Waals surface area (Å²) in [6.07, 6.45) is 2.32. The van der Waals surface area contributed by atoms with Crippen LogP contribution in [0.2, 0.25) is 0 Å². The molecule has 0 aliphatic heterocycles. The number of carbonyl (C=O) groups is 2. The van der Waals surface area contributed by atoms with Gasteiger partial charge in [-0.3, -0.25) is 4.68 Å². The summed E-state index contributed by atoms with van der Waals surface area (Å²) in [7, 11) is 0. The van der Waals surface area contributed by atoms with Crippen molar-refractivity contribution in [1.82, 2.24) is 15.1 Å². The number of nitrogens with zero attached hydrogens (tertiary/aromatic N) is 2. The van der Waals surface area contributed by atoms with E-state index in [2.05, 4.69) is 10.4 Å². The SMILES string of the molecule is O=C(N[C@@H](Cn1cccn1)C(=O)O)Oc1ccccc1. The van der Waals surface area contributed by atoms with Crippen LogP contribution in [0.5, 0.6) is 5.75 Å². The minimum atomic E-state index is -1.16. The highest BCUT2D eigenvalue weighted by Gasteiger charge is 2.21. The monoisotopic (exact) mass is 275 g/mol. The summed E-state index contributed by atoms with van der Waals surface area (Å²) in [6, 6.07) is 8.95. The summed E-state index contributed by atoms with van der Waals surface area (Å²) in [5.41, 5.74) is 0. The molecule has 2 N–H and O–H groups in total. The van der Waals surface area contributed by atoms with Crippen LogP contribution in [0.3, 0.4) is 0 Å². The van der Waals surface area contributed by atoms with Gasteiger partial charge in [0.2, 0.25) is 0 Å². The summed E-state index contributed by atoms with van der Waals surface area (Å²) in [5, 5.41) is 15.2. The van der Waals surface area contributed by atoms with Gasteiger partial charge in [0.05, 0.1) is 6.54 Å². The number of carbonyl (C=O) groups excluding carboxylic acids is 1. The molecule has 0 spiro atoms. The van der Waals surface area contributed by atoms with Gasteiger partial charge in [-0.25, -0.2) is 9.59 Å². The van der Waals surface area contributed by atoms with Crippen LogP contribution in [0.25, 0.3) is 0 Å². The first kappa shape index (κ1) is 13.6. The zero-order chi connectivity index (χ0) is 14.4. The molecule has 0 saturated carbocycles. The lowest BCUT2D eigenvalue weighted by atomic mass is 10.3. The number of carboxylic acids is 1. The van der Waals surface area contributed by atoms with Gasteiger partial charge in [0.1, 0.15) is 11.8 Å². The molecule has 0 aliphatic rings. The van der Waals surface area contributed by atoms with Crippen LogP contribution >= 0.6 is 0 Å². The normalized spacial score (nSPS) is 11.6. The molecule has 1 atom stereocenters. The molecule has 1 aromatic carbocycles. The van der Waals surface area contributed by atoms with Crippen molar-refractivity contribution in [3.63, 3.8) is 0 Å². The van der Waals surface area contributed by atoms with Crippen LogP contribution in [0.15, 0.2) is 48.8 Å². The number of hydrogen-bond donors (Lipinski definition) is 2. The van der Waals surface area contributed by atoms with Crippen LogP contribution in [0, 0.1) is 0 Å². The van der Waals surface area contributed by atoms with Crippen LogP contribution < -0.4 is 10.1 Å². The second kappa shape index (κ2) is 6.37. The van der Waals surface area contributed by atoms with Gasteiger partial charge in [-0.1, -0.05) is 18.2 Å².